The van der Waals surface area contributed by atoms with Crippen molar-refractivity contribution in [2.75, 3.05) is 19.7 Å². The van der Waals surface area contributed by atoms with Crippen LogP contribution in [-0.2, 0) is 4.74 Å². The average Bonchev–Trinajstić information content (AvgIpc) is 2.48. The van der Waals surface area contributed by atoms with Crippen LogP contribution >= 0.6 is 0 Å². The van der Waals surface area contributed by atoms with E-state index < -0.39 is 11.6 Å². The van der Waals surface area contributed by atoms with Crippen molar-refractivity contribution in [3.05, 3.63) is 35.4 Å². The number of ether oxygens (including phenoxy) is 1. The lowest BCUT2D eigenvalue weighted by Gasteiger charge is -2.35. The fourth-order valence-corrected chi connectivity index (χ4v) is 2.40. The predicted molar refractivity (Wildman–Crippen MR) is 71.8 cm³/mol. The fourth-order valence-electron chi connectivity index (χ4n) is 2.40. The molecule has 1 aromatic carbocycles. The summed E-state index contributed by atoms with van der Waals surface area (Å²) in [6.07, 6.45) is 1.02. The number of rotatable bonds is 4. The first-order valence-corrected chi connectivity index (χ1v) is 6.87. The van der Waals surface area contributed by atoms with Gasteiger partial charge in [0.15, 0.2) is 17.4 Å². The van der Waals surface area contributed by atoms with E-state index in [-0.39, 0.29) is 23.5 Å². The van der Waals surface area contributed by atoms with Gasteiger partial charge in [0.05, 0.1) is 18.8 Å². The van der Waals surface area contributed by atoms with E-state index in [0.29, 0.717) is 19.7 Å². The molecule has 0 aromatic heterocycles. The minimum atomic E-state index is -0.989. The lowest BCUT2D eigenvalue weighted by Crippen LogP contribution is -2.49. The second-order valence-corrected chi connectivity index (χ2v) is 5.07. The second-order valence-electron chi connectivity index (χ2n) is 5.07. The van der Waals surface area contributed by atoms with Crippen LogP contribution in [-0.4, -0.2) is 42.5 Å². The number of carbonyl (C=O) groups excluding carboxylic acids is 1. The van der Waals surface area contributed by atoms with Gasteiger partial charge in [0.25, 0.3) is 0 Å². The first kappa shape index (κ1) is 15.1. The number of hydrogen-bond donors (Lipinski definition) is 0. The zero-order valence-electron chi connectivity index (χ0n) is 11.7. The summed E-state index contributed by atoms with van der Waals surface area (Å²) >= 11 is 0. The minimum Gasteiger partial charge on any atom is -0.376 e. The van der Waals surface area contributed by atoms with Gasteiger partial charge < -0.3 is 4.74 Å². The normalized spacial score (nSPS) is 21.7. The maximum absolute atomic E-state index is 13.2. The topological polar surface area (TPSA) is 29.5 Å². The molecule has 1 aromatic rings. The van der Waals surface area contributed by atoms with E-state index in [2.05, 4.69) is 0 Å². The molecule has 5 heteroatoms. The second kappa shape index (κ2) is 6.41. The van der Waals surface area contributed by atoms with Crippen LogP contribution in [0.15, 0.2) is 18.2 Å². The Morgan fingerprint density at radius 3 is 2.85 bits per heavy atom. The Kier molecular flexibility index (Phi) is 4.83. The van der Waals surface area contributed by atoms with Gasteiger partial charge >= 0.3 is 0 Å². The molecule has 0 spiro atoms. The van der Waals surface area contributed by atoms with Crippen molar-refractivity contribution in [1.29, 1.82) is 0 Å². The molecule has 0 N–H and O–H groups in total. The van der Waals surface area contributed by atoms with E-state index in [1.165, 1.54) is 6.07 Å². The van der Waals surface area contributed by atoms with E-state index >= 15 is 0 Å². The summed E-state index contributed by atoms with van der Waals surface area (Å²) in [5.41, 5.74) is 0.205. The Morgan fingerprint density at radius 2 is 2.20 bits per heavy atom. The van der Waals surface area contributed by atoms with Crippen molar-refractivity contribution in [3.63, 3.8) is 0 Å². The molecule has 2 atom stereocenters. The zero-order chi connectivity index (χ0) is 14.7. The summed E-state index contributed by atoms with van der Waals surface area (Å²) in [6, 6.07) is 2.92. The van der Waals surface area contributed by atoms with Crippen LogP contribution in [0.5, 0.6) is 0 Å². The molecular formula is C15H19F2NO2. The third-order valence-corrected chi connectivity index (χ3v) is 3.76. The highest BCUT2D eigenvalue weighted by atomic mass is 19.2. The summed E-state index contributed by atoms with van der Waals surface area (Å²) in [7, 11) is 0. The molecule has 1 aliphatic rings. The molecule has 1 saturated heterocycles. The van der Waals surface area contributed by atoms with Gasteiger partial charge in [0, 0.05) is 18.7 Å². The smallest absolute Gasteiger partial charge is 0.179 e. The average molecular weight is 283 g/mol. The quantitative estimate of drug-likeness (QED) is 0.796. The van der Waals surface area contributed by atoms with Crippen LogP contribution in [0.25, 0.3) is 0 Å². The number of carbonyl (C=O) groups is 1. The number of hydrogen-bond acceptors (Lipinski definition) is 3. The maximum Gasteiger partial charge on any atom is 0.179 e. The van der Waals surface area contributed by atoms with E-state index in [1.807, 2.05) is 11.8 Å². The Morgan fingerprint density at radius 1 is 1.45 bits per heavy atom. The Bertz CT molecular complexity index is 493. The molecule has 1 fully saturated rings. The molecule has 20 heavy (non-hydrogen) atoms. The molecule has 0 radical (unpaired) electrons. The van der Waals surface area contributed by atoms with Crippen molar-refractivity contribution < 1.29 is 18.3 Å². The summed E-state index contributed by atoms with van der Waals surface area (Å²) in [5, 5.41) is 0. The van der Waals surface area contributed by atoms with Gasteiger partial charge in [-0.15, -0.1) is 0 Å². The number of ketones is 1. The lowest BCUT2D eigenvalue weighted by molar-refractivity contribution is -0.0382. The number of benzene rings is 1. The third kappa shape index (κ3) is 3.22. The van der Waals surface area contributed by atoms with Crippen molar-refractivity contribution in [2.24, 2.45) is 0 Å². The predicted octanol–water partition coefficient (Wildman–Crippen LogP) is 2.65. The maximum atomic E-state index is 13.2. The van der Waals surface area contributed by atoms with Gasteiger partial charge in [-0.1, -0.05) is 6.92 Å². The van der Waals surface area contributed by atoms with Crippen LogP contribution in [0.1, 0.15) is 30.6 Å². The first-order chi connectivity index (χ1) is 9.52. The monoisotopic (exact) mass is 283 g/mol. The first-order valence-electron chi connectivity index (χ1n) is 6.87. The number of halogens is 2. The molecule has 2 unspecified atom stereocenters. The molecule has 0 saturated carbocycles. The number of Topliss-reactive ketones (excluding diaryl/α,β-unsaturated/α-hetero) is 1. The Labute approximate surface area is 117 Å². The highest BCUT2D eigenvalue weighted by Gasteiger charge is 2.28. The van der Waals surface area contributed by atoms with Crippen LogP contribution < -0.4 is 0 Å². The van der Waals surface area contributed by atoms with Gasteiger partial charge in [-0.25, -0.2) is 8.78 Å². The van der Waals surface area contributed by atoms with Crippen LogP contribution in [0.2, 0.25) is 0 Å². The van der Waals surface area contributed by atoms with Gasteiger partial charge in [-0.3, -0.25) is 9.69 Å². The highest BCUT2D eigenvalue weighted by molar-refractivity contribution is 5.99. The molecule has 1 aliphatic heterocycles. The van der Waals surface area contributed by atoms with Gasteiger partial charge in [-0.2, -0.15) is 0 Å². The van der Waals surface area contributed by atoms with Crippen molar-refractivity contribution in [2.45, 2.75) is 32.4 Å². The molecule has 110 valence electrons. The Balaban J connectivity index is 2.09. The molecule has 0 aliphatic carbocycles. The summed E-state index contributed by atoms with van der Waals surface area (Å²) < 4.78 is 31.7. The summed E-state index contributed by atoms with van der Waals surface area (Å²) in [5.74, 6) is -2.12. The SMILES string of the molecule is CCC1CN(C(C)C(=O)c2ccc(F)c(F)c2)CCO1. The van der Waals surface area contributed by atoms with Crippen LogP contribution in [0, 0.1) is 11.6 Å². The summed E-state index contributed by atoms with van der Waals surface area (Å²) in [4.78, 5) is 14.4. The highest BCUT2D eigenvalue weighted by Crippen LogP contribution is 2.16. The molecule has 0 amide bonds. The molecule has 3 nitrogen and oxygen atoms in total. The van der Waals surface area contributed by atoms with Gasteiger partial charge in [0.1, 0.15) is 0 Å². The molecule has 2 rings (SSSR count). The van der Waals surface area contributed by atoms with Crippen LogP contribution in [0.3, 0.4) is 0 Å². The standard InChI is InChI=1S/C15H19F2NO2/c1-3-12-9-18(6-7-20-12)10(2)15(19)11-4-5-13(16)14(17)8-11/h4-5,8,10,12H,3,6-7,9H2,1-2H3. The van der Waals surface area contributed by atoms with Crippen molar-refractivity contribution >= 4 is 5.78 Å². The minimum absolute atomic E-state index is 0.129. The largest absolute Gasteiger partial charge is 0.376 e. The number of morpholine rings is 1. The Hall–Kier alpha value is -1.33. The van der Waals surface area contributed by atoms with Crippen LogP contribution in [0.4, 0.5) is 8.78 Å². The fraction of sp³-hybridized carbons (Fsp3) is 0.533. The van der Waals surface area contributed by atoms with E-state index in [1.54, 1.807) is 6.92 Å². The van der Waals surface area contributed by atoms with Crippen molar-refractivity contribution in [1.82, 2.24) is 4.90 Å². The zero-order valence-corrected chi connectivity index (χ0v) is 11.7. The van der Waals surface area contributed by atoms with E-state index in [4.69, 9.17) is 4.74 Å². The summed E-state index contributed by atoms with van der Waals surface area (Å²) in [6.45, 7) is 5.78. The van der Waals surface area contributed by atoms with Gasteiger partial charge in [0.2, 0.25) is 0 Å². The lowest BCUT2D eigenvalue weighted by atomic mass is 10.0. The number of nitrogens with zero attached hydrogens (tertiary/aromatic N) is 1. The van der Waals surface area contributed by atoms with Crippen molar-refractivity contribution in [3.8, 4) is 0 Å². The molecule has 1 heterocycles. The molecular weight excluding hydrogens is 264 g/mol. The van der Waals surface area contributed by atoms with E-state index in [9.17, 15) is 13.6 Å². The van der Waals surface area contributed by atoms with E-state index in [0.717, 1.165) is 18.6 Å². The molecule has 0 bridgehead atoms. The third-order valence-electron chi connectivity index (χ3n) is 3.76. The van der Waals surface area contributed by atoms with Gasteiger partial charge in [-0.05, 0) is 31.5 Å².